The standard InChI is InChI=1S/C24H24N4O3/c1-16-4-2-5-17(12-16)20-8-10-23(27-26-20)28-11-3-6-18(14-28)24(29)25-19-7-9-21-22(13-19)31-15-30-21/h2,4-5,7-10,12-13,18H,3,6,11,14-15H2,1H3,(H,25,29)/t18-/m1/s1. The summed E-state index contributed by atoms with van der Waals surface area (Å²) in [6.07, 6.45) is 1.78. The number of aromatic nitrogens is 2. The van der Waals surface area contributed by atoms with Crippen molar-refractivity contribution in [2.75, 3.05) is 30.1 Å². The van der Waals surface area contributed by atoms with Gasteiger partial charge in [0.05, 0.1) is 11.6 Å². The van der Waals surface area contributed by atoms with E-state index in [-0.39, 0.29) is 18.6 Å². The SMILES string of the molecule is Cc1cccc(-c2ccc(N3CCC[C@@H](C(=O)Nc4ccc5c(c4)OCO5)C3)nn2)c1. The van der Waals surface area contributed by atoms with E-state index in [1.807, 2.05) is 36.4 Å². The molecule has 1 aromatic heterocycles. The molecule has 0 saturated carbocycles. The van der Waals surface area contributed by atoms with Crippen LogP contribution in [0.3, 0.4) is 0 Å². The highest BCUT2D eigenvalue weighted by atomic mass is 16.7. The van der Waals surface area contributed by atoms with Gasteiger partial charge < -0.3 is 19.7 Å². The van der Waals surface area contributed by atoms with Crippen molar-refractivity contribution in [3.8, 4) is 22.8 Å². The summed E-state index contributed by atoms with van der Waals surface area (Å²) in [5.41, 5.74) is 3.81. The number of ether oxygens (including phenoxy) is 2. The number of rotatable bonds is 4. The molecule has 7 heteroatoms. The zero-order valence-electron chi connectivity index (χ0n) is 17.4. The van der Waals surface area contributed by atoms with E-state index >= 15 is 0 Å². The normalized spacial score (nSPS) is 17.5. The molecule has 7 nitrogen and oxygen atoms in total. The molecule has 0 spiro atoms. The lowest BCUT2D eigenvalue weighted by Gasteiger charge is -2.32. The molecule has 1 N–H and O–H groups in total. The molecular weight excluding hydrogens is 392 g/mol. The molecular formula is C24H24N4O3. The van der Waals surface area contributed by atoms with Crippen LogP contribution in [0.2, 0.25) is 0 Å². The van der Waals surface area contributed by atoms with Gasteiger partial charge >= 0.3 is 0 Å². The lowest BCUT2D eigenvalue weighted by Crippen LogP contribution is -2.41. The van der Waals surface area contributed by atoms with Gasteiger partial charge in [-0.3, -0.25) is 4.79 Å². The van der Waals surface area contributed by atoms with E-state index in [2.05, 4.69) is 39.5 Å². The summed E-state index contributed by atoms with van der Waals surface area (Å²) in [7, 11) is 0. The summed E-state index contributed by atoms with van der Waals surface area (Å²) >= 11 is 0. The van der Waals surface area contributed by atoms with Gasteiger partial charge in [-0.1, -0.05) is 23.8 Å². The molecule has 0 bridgehead atoms. The molecule has 2 aromatic carbocycles. The number of anilines is 2. The average molecular weight is 416 g/mol. The van der Waals surface area contributed by atoms with Crippen molar-refractivity contribution < 1.29 is 14.3 Å². The number of hydrogen-bond acceptors (Lipinski definition) is 6. The fourth-order valence-corrected chi connectivity index (χ4v) is 4.07. The summed E-state index contributed by atoms with van der Waals surface area (Å²) in [5, 5.41) is 11.9. The maximum atomic E-state index is 12.9. The Morgan fingerprint density at radius 3 is 2.81 bits per heavy atom. The van der Waals surface area contributed by atoms with Crippen LogP contribution in [0.25, 0.3) is 11.3 Å². The first-order valence-corrected chi connectivity index (χ1v) is 10.5. The molecule has 3 aromatic rings. The monoisotopic (exact) mass is 416 g/mol. The minimum absolute atomic E-state index is 0.00732. The molecule has 2 aliphatic heterocycles. The van der Waals surface area contributed by atoms with E-state index in [0.29, 0.717) is 23.7 Å². The van der Waals surface area contributed by atoms with Crippen molar-refractivity contribution in [2.24, 2.45) is 5.92 Å². The molecule has 2 aliphatic rings. The first-order chi connectivity index (χ1) is 15.2. The van der Waals surface area contributed by atoms with E-state index in [4.69, 9.17) is 9.47 Å². The molecule has 5 rings (SSSR count). The minimum atomic E-state index is -0.113. The van der Waals surface area contributed by atoms with Crippen molar-refractivity contribution in [1.29, 1.82) is 0 Å². The number of nitrogens with one attached hydrogen (secondary N) is 1. The second-order valence-corrected chi connectivity index (χ2v) is 7.99. The van der Waals surface area contributed by atoms with Crippen LogP contribution in [0, 0.1) is 12.8 Å². The van der Waals surface area contributed by atoms with Gasteiger partial charge in [0.25, 0.3) is 0 Å². The summed E-state index contributed by atoms with van der Waals surface area (Å²) in [4.78, 5) is 15.0. The molecule has 1 saturated heterocycles. The average Bonchev–Trinajstić information content (AvgIpc) is 3.27. The van der Waals surface area contributed by atoms with E-state index < -0.39 is 0 Å². The van der Waals surface area contributed by atoms with Crippen molar-refractivity contribution in [3.05, 3.63) is 60.2 Å². The summed E-state index contributed by atoms with van der Waals surface area (Å²) in [6, 6.07) is 17.7. The van der Waals surface area contributed by atoms with Crippen LogP contribution >= 0.6 is 0 Å². The predicted octanol–water partition coefficient (Wildman–Crippen LogP) is 4.04. The van der Waals surface area contributed by atoms with Gasteiger partial charge in [0.2, 0.25) is 12.7 Å². The Bertz CT molecular complexity index is 1100. The number of nitrogens with zero attached hydrogens (tertiary/aromatic N) is 3. The molecule has 3 heterocycles. The van der Waals surface area contributed by atoms with Crippen LogP contribution in [0.15, 0.2) is 54.6 Å². The Hall–Kier alpha value is -3.61. The zero-order valence-corrected chi connectivity index (χ0v) is 17.4. The number of carbonyl (C=O) groups excluding carboxylic acids is 1. The highest BCUT2D eigenvalue weighted by Crippen LogP contribution is 2.34. The molecule has 1 atom stereocenters. The fraction of sp³-hybridized carbons (Fsp3) is 0.292. The maximum Gasteiger partial charge on any atom is 0.231 e. The fourth-order valence-electron chi connectivity index (χ4n) is 4.07. The molecule has 1 amide bonds. The first kappa shape index (κ1) is 19.4. The number of amides is 1. The number of carbonyl (C=O) groups is 1. The first-order valence-electron chi connectivity index (χ1n) is 10.5. The predicted molar refractivity (Wildman–Crippen MR) is 118 cm³/mol. The van der Waals surface area contributed by atoms with E-state index in [1.165, 1.54) is 5.56 Å². The maximum absolute atomic E-state index is 12.9. The smallest absolute Gasteiger partial charge is 0.231 e. The van der Waals surface area contributed by atoms with Gasteiger partial charge in [0.1, 0.15) is 0 Å². The minimum Gasteiger partial charge on any atom is -0.454 e. The molecule has 1 fully saturated rings. The van der Waals surface area contributed by atoms with Crippen LogP contribution in [0.4, 0.5) is 11.5 Å². The molecule has 31 heavy (non-hydrogen) atoms. The quantitative estimate of drug-likeness (QED) is 0.692. The van der Waals surface area contributed by atoms with Crippen LogP contribution in [-0.2, 0) is 4.79 Å². The van der Waals surface area contributed by atoms with Crippen LogP contribution in [-0.4, -0.2) is 36.0 Å². The van der Waals surface area contributed by atoms with Gasteiger partial charge in [-0.2, -0.15) is 0 Å². The van der Waals surface area contributed by atoms with E-state index in [0.717, 1.165) is 36.5 Å². The number of fused-ring (bicyclic) bond motifs is 1. The third-order valence-corrected chi connectivity index (χ3v) is 5.72. The summed E-state index contributed by atoms with van der Waals surface area (Å²) in [6.45, 7) is 3.77. The number of benzene rings is 2. The van der Waals surface area contributed by atoms with Gasteiger partial charge in [0.15, 0.2) is 17.3 Å². The summed E-state index contributed by atoms with van der Waals surface area (Å²) < 4.78 is 10.7. The lowest BCUT2D eigenvalue weighted by atomic mass is 9.97. The van der Waals surface area contributed by atoms with Crippen LogP contribution < -0.4 is 19.7 Å². The third kappa shape index (κ3) is 4.17. The molecule has 0 unspecified atom stereocenters. The van der Waals surface area contributed by atoms with E-state index in [9.17, 15) is 4.79 Å². The lowest BCUT2D eigenvalue weighted by molar-refractivity contribution is -0.120. The Labute approximate surface area is 181 Å². The zero-order chi connectivity index (χ0) is 21.2. The number of hydrogen-bond donors (Lipinski definition) is 1. The Morgan fingerprint density at radius 1 is 1.06 bits per heavy atom. The number of aryl methyl sites for hydroxylation is 1. The summed E-state index contributed by atoms with van der Waals surface area (Å²) in [5.74, 6) is 2.06. The number of piperidine rings is 1. The topological polar surface area (TPSA) is 76.6 Å². The second kappa shape index (κ2) is 8.26. The van der Waals surface area contributed by atoms with Crippen molar-refractivity contribution in [1.82, 2.24) is 10.2 Å². The van der Waals surface area contributed by atoms with E-state index in [1.54, 1.807) is 6.07 Å². The second-order valence-electron chi connectivity index (χ2n) is 7.99. The van der Waals surface area contributed by atoms with Gasteiger partial charge in [-0.15, -0.1) is 10.2 Å². The molecule has 0 aliphatic carbocycles. The molecule has 0 radical (unpaired) electrons. The molecule has 158 valence electrons. The highest BCUT2D eigenvalue weighted by molar-refractivity contribution is 5.93. The van der Waals surface area contributed by atoms with Crippen molar-refractivity contribution >= 4 is 17.4 Å². The Morgan fingerprint density at radius 2 is 1.97 bits per heavy atom. The van der Waals surface area contributed by atoms with Crippen LogP contribution in [0.1, 0.15) is 18.4 Å². The van der Waals surface area contributed by atoms with Crippen molar-refractivity contribution in [3.63, 3.8) is 0 Å². The largest absolute Gasteiger partial charge is 0.454 e. The van der Waals surface area contributed by atoms with Gasteiger partial charge in [-0.25, -0.2) is 0 Å². The third-order valence-electron chi connectivity index (χ3n) is 5.72. The van der Waals surface area contributed by atoms with Crippen LogP contribution in [0.5, 0.6) is 11.5 Å². The Balaban J connectivity index is 1.25. The van der Waals surface area contributed by atoms with Gasteiger partial charge in [-0.05, 0) is 50.1 Å². The van der Waals surface area contributed by atoms with Gasteiger partial charge in [0, 0.05) is 30.4 Å². The highest BCUT2D eigenvalue weighted by Gasteiger charge is 2.27. The Kier molecular flexibility index (Phi) is 5.16. The van der Waals surface area contributed by atoms with Crippen molar-refractivity contribution in [2.45, 2.75) is 19.8 Å².